The van der Waals surface area contributed by atoms with E-state index in [2.05, 4.69) is 0 Å². The predicted molar refractivity (Wildman–Crippen MR) is 75.7 cm³/mol. The van der Waals surface area contributed by atoms with Gasteiger partial charge in [0.2, 0.25) is 0 Å². The second-order valence-corrected chi connectivity index (χ2v) is 7.88. The van der Waals surface area contributed by atoms with Crippen molar-refractivity contribution in [3.63, 3.8) is 0 Å². The normalized spacial score (nSPS) is 42.5. The summed E-state index contributed by atoms with van der Waals surface area (Å²) in [5, 5.41) is 21.2. The molecule has 0 aromatic carbocycles. The van der Waals surface area contributed by atoms with Crippen molar-refractivity contribution in [2.45, 2.75) is 69.2 Å². The van der Waals surface area contributed by atoms with E-state index in [1.165, 1.54) is 0 Å². The number of ether oxygens (including phenoxy) is 2. The van der Waals surface area contributed by atoms with Gasteiger partial charge in [-0.2, -0.15) is 0 Å². The maximum atomic E-state index is 12.0. The molecule has 6 heteroatoms. The van der Waals surface area contributed by atoms with Crippen LogP contribution in [0.5, 0.6) is 0 Å². The van der Waals surface area contributed by atoms with Crippen LogP contribution in [-0.4, -0.2) is 45.6 Å². The average Bonchev–Trinajstić information content (AvgIpc) is 2.30. The van der Waals surface area contributed by atoms with Crippen molar-refractivity contribution in [1.29, 1.82) is 0 Å². The Labute approximate surface area is 129 Å². The van der Waals surface area contributed by atoms with Crippen molar-refractivity contribution in [3.05, 3.63) is 0 Å². The summed E-state index contributed by atoms with van der Waals surface area (Å²) in [5.74, 6) is -1.17. The minimum atomic E-state index is -0.941. The van der Waals surface area contributed by atoms with E-state index < -0.39 is 35.3 Å². The number of hydrogen-bond acceptors (Lipinski definition) is 6. The van der Waals surface area contributed by atoms with Crippen molar-refractivity contribution in [2.75, 3.05) is 6.61 Å². The Kier molecular flexibility index (Phi) is 3.53. The second kappa shape index (κ2) is 4.93. The van der Waals surface area contributed by atoms with E-state index in [-0.39, 0.29) is 11.8 Å². The Morgan fingerprint density at radius 2 is 1.68 bits per heavy atom. The molecule has 0 amide bonds. The lowest BCUT2D eigenvalue weighted by Gasteiger charge is -2.62. The van der Waals surface area contributed by atoms with Gasteiger partial charge >= 0.3 is 11.9 Å². The zero-order chi connectivity index (χ0) is 16.2. The van der Waals surface area contributed by atoms with Crippen molar-refractivity contribution in [2.24, 2.45) is 11.8 Å². The van der Waals surface area contributed by atoms with Crippen LogP contribution in [0.4, 0.5) is 0 Å². The number of aliphatic hydroxyl groups is 2. The molecule has 2 atom stereocenters. The molecule has 4 saturated carbocycles. The van der Waals surface area contributed by atoms with Crippen molar-refractivity contribution < 1.29 is 29.3 Å². The number of carbonyl (C=O) groups excluding carboxylic acids is 2. The Bertz CT molecular complexity index is 481. The Balaban J connectivity index is 1.65. The molecule has 2 N–H and O–H groups in total. The van der Waals surface area contributed by atoms with Crippen LogP contribution in [0.3, 0.4) is 0 Å². The van der Waals surface area contributed by atoms with Crippen LogP contribution in [0, 0.1) is 11.8 Å². The van der Waals surface area contributed by atoms with E-state index in [1.54, 1.807) is 13.8 Å². The van der Waals surface area contributed by atoms with E-state index in [1.807, 2.05) is 0 Å². The van der Waals surface area contributed by atoms with Gasteiger partial charge in [-0.3, -0.25) is 4.79 Å². The van der Waals surface area contributed by atoms with Gasteiger partial charge in [-0.25, -0.2) is 4.79 Å². The van der Waals surface area contributed by atoms with Gasteiger partial charge in [0.15, 0.2) is 6.61 Å². The van der Waals surface area contributed by atoms with E-state index in [0.717, 1.165) is 0 Å². The molecule has 4 fully saturated rings. The van der Waals surface area contributed by atoms with Crippen LogP contribution in [0.2, 0.25) is 0 Å². The number of hydrogen-bond donors (Lipinski definition) is 2. The monoisotopic (exact) mass is 312 g/mol. The molecule has 4 aliphatic carbocycles. The van der Waals surface area contributed by atoms with Crippen LogP contribution < -0.4 is 0 Å². The van der Waals surface area contributed by atoms with Crippen molar-refractivity contribution in [1.82, 2.24) is 0 Å². The first kappa shape index (κ1) is 15.7. The molecule has 0 aromatic rings. The fraction of sp³-hybridized carbons (Fsp3) is 0.875. The maximum Gasteiger partial charge on any atom is 0.344 e. The molecular weight excluding hydrogens is 288 g/mol. The highest BCUT2D eigenvalue weighted by Crippen LogP contribution is 2.60. The molecule has 0 aromatic heterocycles. The molecule has 4 bridgehead atoms. The summed E-state index contributed by atoms with van der Waals surface area (Å²) in [5.41, 5.74) is -2.70. The fourth-order valence-corrected chi connectivity index (χ4v) is 4.93. The third-order valence-electron chi connectivity index (χ3n) is 5.09. The SMILES string of the molecule is CC(C)C(=O)OCC(=O)OC12CC3CC(O)(CC(O)(C3)C1)C2. The highest BCUT2D eigenvalue weighted by molar-refractivity contribution is 5.77. The van der Waals surface area contributed by atoms with Crippen molar-refractivity contribution >= 4 is 11.9 Å². The lowest BCUT2D eigenvalue weighted by atomic mass is 9.50. The van der Waals surface area contributed by atoms with Gasteiger partial charge < -0.3 is 19.7 Å². The van der Waals surface area contributed by atoms with Gasteiger partial charge in [-0.1, -0.05) is 13.8 Å². The minimum Gasteiger partial charge on any atom is -0.456 e. The first-order valence-electron chi connectivity index (χ1n) is 7.96. The average molecular weight is 312 g/mol. The summed E-state index contributed by atoms with van der Waals surface area (Å²) in [6.07, 6.45) is 3.08. The van der Waals surface area contributed by atoms with Crippen LogP contribution in [0.25, 0.3) is 0 Å². The van der Waals surface area contributed by atoms with Gasteiger partial charge in [0.25, 0.3) is 0 Å². The molecule has 0 heterocycles. The lowest BCUT2D eigenvalue weighted by molar-refractivity contribution is -0.262. The lowest BCUT2D eigenvalue weighted by Crippen LogP contribution is -2.67. The standard InChI is InChI=1S/C16H24O6/c1-10(2)13(18)21-6-12(17)22-16-5-11-3-14(19,8-16)7-15(20,4-11)9-16/h10-11,19-20H,3-9H2,1-2H3. The zero-order valence-electron chi connectivity index (χ0n) is 13.1. The summed E-state index contributed by atoms with van der Waals surface area (Å²) >= 11 is 0. The Morgan fingerprint density at radius 1 is 1.09 bits per heavy atom. The van der Waals surface area contributed by atoms with Gasteiger partial charge in [0, 0.05) is 19.3 Å². The van der Waals surface area contributed by atoms with Gasteiger partial charge in [0.1, 0.15) is 5.60 Å². The maximum absolute atomic E-state index is 12.0. The quantitative estimate of drug-likeness (QED) is 0.750. The summed E-state index contributed by atoms with van der Waals surface area (Å²) < 4.78 is 10.5. The van der Waals surface area contributed by atoms with Crippen LogP contribution >= 0.6 is 0 Å². The third-order valence-corrected chi connectivity index (χ3v) is 5.09. The molecule has 0 saturated heterocycles. The van der Waals surface area contributed by atoms with Gasteiger partial charge in [-0.15, -0.1) is 0 Å². The second-order valence-electron chi connectivity index (χ2n) is 7.88. The Hall–Kier alpha value is -1.14. The molecule has 0 aliphatic heterocycles. The molecule has 22 heavy (non-hydrogen) atoms. The topological polar surface area (TPSA) is 93.1 Å². The van der Waals surface area contributed by atoms with Gasteiger partial charge in [0.05, 0.1) is 17.1 Å². The van der Waals surface area contributed by atoms with Gasteiger partial charge in [-0.05, 0) is 25.2 Å². The Morgan fingerprint density at radius 3 is 2.18 bits per heavy atom. The molecule has 6 nitrogen and oxygen atoms in total. The zero-order valence-corrected chi connectivity index (χ0v) is 13.1. The highest BCUT2D eigenvalue weighted by atomic mass is 16.6. The smallest absolute Gasteiger partial charge is 0.344 e. The molecular formula is C16H24O6. The summed E-state index contributed by atoms with van der Waals surface area (Å²) in [6, 6.07) is 0. The van der Waals surface area contributed by atoms with E-state index in [9.17, 15) is 19.8 Å². The van der Waals surface area contributed by atoms with Crippen molar-refractivity contribution in [3.8, 4) is 0 Å². The first-order chi connectivity index (χ1) is 10.1. The summed E-state index contributed by atoms with van der Waals surface area (Å²) in [6.45, 7) is 2.97. The molecule has 124 valence electrons. The van der Waals surface area contributed by atoms with E-state index in [0.29, 0.717) is 38.5 Å². The fourth-order valence-electron chi connectivity index (χ4n) is 4.93. The number of carbonyl (C=O) groups is 2. The van der Waals surface area contributed by atoms with Crippen LogP contribution in [0.15, 0.2) is 0 Å². The molecule has 4 rings (SSSR count). The predicted octanol–water partition coefficient (Wildman–Crippen LogP) is 0.927. The molecule has 2 unspecified atom stereocenters. The molecule has 0 spiro atoms. The largest absolute Gasteiger partial charge is 0.456 e. The highest BCUT2D eigenvalue weighted by Gasteiger charge is 2.64. The number of rotatable bonds is 4. The first-order valence-corrected chi connectivity index (χ1v) is 7.96. The summed E-state index contributed by atoms with van der Waals surface area (Å²) in [7, 11) is 0. The third kappa shape index (κ3) is 2.86. The van der Waals surface area contributed by atoms with E-state index >= 15 is 0 Å². The van der Waals surface area contributed by atoms with E-state index in [4.69, 9.17) is 9.47 Å². The van der Waals surface area contributed by atoms with Crippen LogP contribution in [-0.2, 0) is 19.1 Å². The minimum absolute atomic E-state index is 0.178. The molecule has 0 radical (unpaired) electrons. The summed E-state index contributed by atoms with van der Waals surface area (Å²) in [4.78, 5) is 23.4. The molecule has 4 aliphatic rings. The number of esters is 2. The van der Waals surface area contributed by atoms with Crippen LogP contribution in [0.1, 0.15) is 52.4 Å².